The second-order valence-corrected chi connectivity index (χ2v) is 5.34. The molecule has 0 aliphatic carbocycles. The lowest BCUT2D eigenvalue weighted by Crippen LogP contribution is -2.35. The molecule has 0 saturated heterocycles. The van der Waals surface area contributed by atoms with Crippen LogP contribution in [0.4, 0.5) is 4.39 Å². The van der Waals surface area contributed by atoms with Crippen molar-refractivity contribution < 1.29 is 14.3 Å². The third-order valence-corrected chi connectivity index (χ3v) is 2.68. The Morgan fingerprint density at radius 3 is 2.71 bits per heavy atom. The summed E-state index contributed by atoms with van der Waals surface area (Å²) in [5, 5.41) is 8.68. The van der Waals surface area contributed by atoms with E-state index >= 15 is 0 Å². The molecular weight excluding hydrogens is 271 g/mol. The smallest absolute Gasteiger partial charge is 0.231 e. The first-order valence-corrected chi connectivity index (χ1v) is 6.80. The van der Waals surface area contributed by atoms with Crippen LogP contribution >= 0.6 is 0 Å². The summed E-state index contributed by atoms with van der Waals surface area (Å²) in [7, 11) is 0. The Morgan fingerprint density at radius 1 is 1.43 bits per heavy atom. The molecule has 0 aliphatic rings. The monoisotopic (exact) mass is 292 g/mol. The van der Waals surface area contributed by atoms with E-state index in [0.717, 1.165) is 5.56 Å². The minimum absolute atomic E-state index is 0.131. The number of rotatable bonds is 6. The lowest BCUT2D eigenvalue weighted by molar-refractivity contribution is -0.119. The summed E-state index contributed by atoms with van der Waals surface area (Å²) in [5.74, 6) is 4.73. The highest BCUT2D eigenvalue weighted by atomic mass is 19.1. The Bertz CT molecular complexity index is 547. The number of nitrogens with zero attached hydrogens (tertiary/aromatic N) is 1. The Balaban J connectivity index is 2.91. The zero-order chi connectivity index (χ0) is 15.8. The number of hydrogen-bond donors (Lipinski definition) is 2. The van der Waals surface area contributed by atoms with Gasteiger partial charge in [0.15, 0.2) is 0 Å². The molecule has 0 atom stereocenters. The van der Waals surface area contributed by atoms with Gasteiger partial charge in [0.05, 0.1) is 6.54 Å². The molecule has 1 aromatic rings. The highest BCUT2D eigenvalue weighted by Crippen LogP contribution is 2.12. The fourth-order valence-corrected chi connectivity index (χ4v) is 2.14. The lowest BCUT2D eigenvalue weighted by atomic mass is 10.1. The SMILES string of the molecule is CC(C)CN(CC(N)=O)Cc1cc(F)cc(C#CCO)c1. The first-order valence-electron chi connectivity index (χ1n) is 6.80. The average molecular weight is 292 g/mol. The van der Waals surface area contributed by atoms with Crippen LogP contribution in [0.25, 0.3) is 0 Å². The van der Waals surface area contributed by atoms with Gasteiger partial charge in [-0.3, -0.25) is 9.69 Å². The zero-order valence-electron chi connectivity index (χ0n) is 12.4. The summed E-state index contributed by atoms with van der Waals surface area (Å²) in [6, 6.07) is 4.48. The maximum atomic E-state index is 13.6. The van der Waals surface area contributed by atoms with Gasteiger partial charge < -0.3 is 10.8 Å². The molecule has 0 aliphatic heterocycles. The largest absolute Gasteiger partial charge is 0.384 e. The molecule has 1 aromatic carbocycles. The first kappa shape index (κ1) is 17.2. The molecule has 3 N–H and O–H groups in total. The van der Waals surface area contributed by atoms with E-state index in [-0.39, 0.29) is 13.2 Å². The number of benzene rings is 1. The minimum Gasteiger partial charge on any atom is -0.384 e. The number of carbonyl (C=O) groups is 1. The molecule has 0 heterocycles. The molecule has 21 heavy (non-hydrogen) atoms. The van der Waals surface area contributed by atoms with E-state index in [1.807, 2.05) is 18.7 Å². The van der Waals surface area contributed by atoms with Gasteiger partial charge in [-0.25, -0.2) is 4.39 Å². The summed E-state index contributed by atoms with van der Waals surface area (Å²) in [6.45, 7) is 5.05. The highest BCUT2D eigenvalue weighted by Gasteiger charge is 2.12. The van der Waals surface area contributed by atoms with Gasteiger partial charge in [0.2, 0.25) is 5.91 Å². The van der Waals surface area contributed by atoms with Crippen LogP contribution in [0, 0.1) is 23.6 Å². The quantitative estimate of drug-likeness (QED) is 0.772. The van der Waals surface area contributed by atoms with E-state index in [0.29, 0.717) is 24.6 Å². The molecule has 1 rings (SSSR count). The number of amides is 1. The van der Waals surface area contributed by atoms with E-state index in [9.17, 15) is 9.18 Å². The van der Waals surface area contributed by atoms with E-state index in [2.05, 4.69) is 11.8 Å². The van der Waals surface area contributed by atoms with Crippen molar-refractivity contribution in [1.29, 1.82) is 0 Å². The van der Waals surface area contributed by atoms with Gasteiger partial charge in [-0.05, 0) is 29.7 Å². The molecule has 0 radical (unpaired) electrons. The van der Waals surface area contributed by atoms with Crippen LogP contribution in [0.2, 0.25) is 0 Å². The van der Waals surface area contributed by atoms with E-state index in [1.54, 1.807) is 6.07 Å². The van der Waals surface area contributed by atoms with Crippen molar-refractivity contribution in [2.45, 2.75) is 20.4 Å². The van der Waals surface area contributed by atoms with Crippen molar-refractivity contribution in [1.82, 2.24) is 4.90 Å². The Kier molecular flexibility index (Phi) is 6.86. The average Bonchev–Trinajstić information content (AvgIpc) is 2.33. The molecule has 4 nitrogen and oxygen atoms in total. The van der Waals surface area contributed by atoms with Crippen molar-refractivity contribution in [3.63, 3.8) is 0 Å². The molecule has 0 spiro atoms. The van der Waals surface area contributed by atoms with Gasteiger partial charge in [-0.1, -0.05) is 25.7 Å². The summed E-state index contributed by atoms with van der Waals surface area (Å²) in [4.78, 5) is 13.0. The third kappa shape index (κ3) is 6.89. The number of halogens is 1. The normalized spacial score (nSPS) is 10.6. The third-order valence-electron chi connectivity index (χ3n) is 2.68. The molecule has 0 aromatic heterocycles. The summed E-state index contributed by atoms with van der Waals surface area (Å²) < 4.78 is 13.6. The topological polar surface area (TPSA) is 66.6 Å². The van der Waals surface area contributed by atoms with Gasteiger partial charge >= 0.3 is 0 Å². The number of nitrogens with two attached hydrogens (primary N) is 1. The Hall–Kier alpha value is -1.90. The maximum absolute atomic E-state index is 13.6. The van der Waals surface area contributed by atoms with Crippen LogP contribution in [-0.2, 0) is 11.3 Å². The van der Waals surface area contributed by atoms with Crippen molar-refractivity contribution in [2.75, 3.05) is 19.7 Å². The van der Waals surface area contributed by atoms with Crippen molar-refractivity contribution >= 4 is 5.91 Å². The van der Waals surface area contributed by atoms with Crippen LogP contribution < -0.4 is 5.73 Å². The molecular formula is C16H21FN2O2. The van der Waals surface area contributed by atoms with Crippen LogP contribution in [-0.4, -0.2) is 35.6 Å². The van der Waals surface area contributed by atoms with Gasteiger partial charge in [0, 0.05) is 18.7 Å². The molecule has 0 unspecified atom stereocenters. The van der Waals surface area contributed by atoms with Crippen molar-refractivity contribution in [2.24, 2.45) is 11.7 Å². The van der Waals surface area contributed by atoms with E-state index in [1.165, 1.54) is 12.1 Å². The minimum atomic E-state index is -0.410. The summed E-state index contributed by atoms with van der Waals surface area (Å²) in [6.07, 6.45) is 0. The van der Waals surface area contributed by atoms with Gasteiger partial charge in [-0.15, -0.1) is 0 Å². The van der Waals surface area contributed by atoms with Crippen molar-refractivity contribution in [3.05, 3.63) is 35.1 Å². The second kappa shape index (κ2) is 8.40. The fourth-order valence-electron chi connectivity index (χ4n) is 2.14. The second-order valence-electron chi connectivity index (χ2n) is 5.34. The Morgan fingerprint density at radius 2 is 2.14 bits per heavy atom. The molecule has 0 bridgehead atoms. The zero-order valence-corrected chi connectivity index (χ0v) is 12.4. The lowest BCUT2D eigenvalue weighted by Gasteiger charge is -2.23. The van der Waals surface area contributed by atoms with Gasteiger partial charge in [-0.2, -0.15) is 0 Å². The predicted molar refractivity (Wildman–Crippen MR) is 79.7 cm³/mol. The van der Waals surface area contributed by atoms with Crippen molar-refractivity contribution in [3.8, 4) is 11.8 Å². The van der Waals surface area contributed by atoms with Crippen LogP contribution in [0.15, 0.2) is 18.2 Å². The number of aliphatic hydroxyl groups is 1. The fraction of sp³-hybridized carbons (Fsp3) is 0.438. The Labute approximate surface area is 124 Å². The molecule has 0 saturated carbocycles. The summed E-state index contributed by atoms with van der Waals surface area (Å²) >= 11 is 0. The molecule has 1 amide bonds. The van der Waals surface area contributed by atoms with Crippen LogP contribution in [0.3, 0.4) is 0 Å². The number of primary amides is 1. The molecule has 114 valence electrons. The van der Waals surface area contributed by atoms with E-state index in [4.69, 9.17) is 10.8 Å². The van der Waals surface area contributed by atoms with Crippen LogP contribution in [0.5, 0.6) is 0 Å². The summed E-state index contributed by atoms with van der Waals surface area (Å²) in [5.41, 5.74) is 6.47. The van der Waals surface area contributed by atoms with Crippen LogP contribution in [0.1, 0.15) is 25.0 Å². The van der Waals surface area contributed by atoms with Gasteiger partial charge in [0.1, 0.15) is 12.4 Å². The number of hydrogen-bond acceptors (Lipinski definition) is 3. The highest BCUT2D eigenvalue weighted by molar-refractivity contribution is 5.75. The molecule has 5 heteroatoms. The number of aliphatic hydroxyl groups excluding tert-OH is 1. The maximum Gasteiger partial charge on any atom is 0.231 e. The number of carbonyl (C=O) groups excluding carboxylic acids is 1. The van der Waals surface area contributed by atoms with E-state index < -0.39 is 11.7 Å². The van der Waals surface area contributed by atoms with Gasteiger partial charge in [0.25, 0.3) is 0 Å². The predicted octanol–water partition coefficient (Wildman–Crippen LogP) is 1.11. The standard InChI is InChI=1S/C16H21FN2O2/c1-12(2)9-19(11-16(18)21)10-14-6-13(4-3-5-20)7-15(17)8-14/h6-8,12,20H,5,9-11H2,1-2H3,(H2,18,21). The first-order chi connectivity index (χ1) is 9.90. The molecule has 0 fully saturated rings.